The van der Waals surface area contributed by atoms with Crippen LogP contribution < -0.4 is 5.73 Å². The third-order valence-corrected chi connectivity index (χ3v) is 3.90. The van der Waals surface area contributed by atoms with Crippen LogP contribution in [0.15, 0.2) is 29.0 Å². The predicted octanol–water partition coefficient (Wildman–Crippen LogP) is 3.15. The molecule has 0 spiro atoms. The number of nitrogens with zero attached hydrogens (tertiary/aromatic N) is 2. The number of nitrogen functional groups attached to an aromatic ring is 1. The summed E-state index contributed by atoms with van der Waals surface area (Å²) in [4.78, 5) is 4.52. The van der Waals surface area contributed by atoms with Crippen molar-refractivity contribution >= 4 is 21.6 Å². The molecule has 1 aliphatic carbocycles. The van der Waals surface area contributed by atoms with Gasteiger partial charge in [0.25, 0.3) is 0 Å². The maximum absolute atomic E-state index is 5.87. The molecule has 1 aromatic heterocycles. The normalized spacial score (nSPS) is 14.5. The van der Waals surface area contributed by atoms with E-state index in [-0.39, 0.29) is 0 Å². The smallest absolute Gasteiger partial charge is 0.0954 e. The lowest BCUT2D eigenvalue weighted by atomic mass is 10.0. The zero-order valence-electron chi connectivity index (χ0n) is 10.2. The van der Waals surface area contributed by atoms with Gasteiger partial charge in [0.05, 0.1) is 12.0 Å². The Kier molecular flexibility index (Phi) is 3.12. The van der Waals surface area contributed by atoms with E-state index in [1.807, 2.05) is 18.5 Å². The zero-order valence-corrected chi connectivity index (χ0v) is 11.8. The quantitative estimate of drug-likeness (QED) is 0.866. The minimum absolute atomic E-state index is 0.799. The van der Waals surface area contributed by atoms with Gasteiger partial charge in [0, 0.05) is 22.4 Å². The molecule has 2 N–H and O–H groups in total. The van der Waals surface area contributed by atoms with E-state index in [9.17, 15) is 0 Å². The molecule has 2 aromatic rings. The van der Waals surface area contributed by atoms with Crippen molar-refractivity contribution in [2.75, 3.05) is 5.73 Å². The Balaban J connectivity index is 1.90. The van der Waals surface area contributed by atoms with Crippen LogP contribution in [-0.4, -0.2) is 9.55 Å². The lowest BCUT2D eigenvalue weighted by Gasteiger charge is -2.14. The first kappa shape index (κ1) is 11.8. The summed E-state index contributed by atoms with van der Waals surface area (Å²) in [6.07, 6.45) is 6.79. The molecule has 0 saturated carbocycles. The van der Waals surface area contributed by atoms with E-state index >= 15 is 0 Å². The molecule has 1 aromatic carbocycles. The second kappa shape index (κ2) is 4.76. The van der Waals surface area contributed by atoms with Crippen LogP contribution in [0, 0.1) is 0 Å². The summed E-state index contributed by atoms with van der Waals surface area (Å²) in [5.74, 6) is 0. The van der Waals surface area contributed by atoms with Gasteiger partial charge in [-0.05, 0) is 49.4 Å². The Morgan fingerprint density at radius 2 is 2.06 bits per heavy atom. The third-order valence-electron chi connectivity index (χ3n) is 3.44. The number of benzene rings is 1. The number of aryl methyl sites for hydroxylation is 1. The van der Waals surface area contributed by atoms with Gasteiger partial charge in [-0.1, -0.05) is 15.9 Å². The van der Waals surface area contributed by atoms with Crippen molar-refractivity contribution in [3.05, 3.63) is 46.0 Å². The molecule has 0 amide bonds. The summed E-state index contributed by atoms with van der Waals surface area (Å²) < 4.78 is 3.29. The van der Waals surface area contributed by atoms with Crippen molar-refractivity contribution in [1.29, 1.82) is 0 Å². The lowest BCUT2D eigenvalue weighted by molar-refractivity contribution is 0.628. The van der Waals surface area contributed by atoms with Gasteiger partial charge in [0.1, 0.15) is 0 Å². The number of fused-ring (bicyclic) bond motifs is 1. The van der Waals surface area contributed by atoms with Gasteiger partial charge >= 0.3 is 0 Å². The van der Waals surface area contributed by atoms with E-state index in [0.29, 0.717) is 0 Å². The standard InChI is InChI=1S/C14H16BrN3/c15-11-5-10(6-12(16)7-11)8-18-9-17-13-3-1-2-4-14(13)18/h5-7,9H,1-4,8,16H2. The number of anilines is 1. The van der Waals surface area contributed by atoms with E-state index in [4.69, 9.17) is 5.73 Å². The highest BCUT2D eigenvalue weighted by atomic mass is 79.9. The molecule has 0 unspecified atom stereocenters. The number of rotatable bonds is 2. The van der Waals surface area contributed by atoms with Gasteiger partial charge in [-0.15, -0.1) is 0 Å². The molecule has 0 fully saturated rings. The highest BCUT2D eigenvalue weighted by molar-refractivity contribution is 9.10. The maximum atomic E-state index is 5.87. The average molecular weight is 306 g/mol. The van der Waals surface area contributed by atoms with Gasteiger partial charge in [-0.3, -0.25) is 0 Å². The average Bonchev–Trinajstić information content (AvgIpc) is 2.72. The van der Waals surface area contributed by atoms with Gasteiger partial charge in [0.2, 0.25) is 0 Å². The van der Waals surface area contributed by atoms with Crippen LogP contribution in [0.3, 0.4) is 0 Å². The SMILES string of the molecule is Nc1cc(Br)cc(Cn2cnc3c2CCCC3)c1. The first-order chi connectivity index (χ1) is 8.72. The first-order valence-electron chi connectivity index (χ1n) is 6.30. The van der Waals surface area contributed by atoms with Crippen molar-refractivity contribution in [2.45, 2.75) is 32.2 Å². The van der Waals surface area contributed by atoms with Crippen LogP contribution in [0.5, 0.6) is 0 Å². The summed E-state index contributed by atoms with van der Waals surface area (Å²) in [6.45, 7) is 0.853. The van der Waals surface area contributed by atoms with Crippen molar-refractivity contribution in [2.24, 2.45) is 0 Å². The van der Waals surface area contributed by atoms with Crippen molar-refractivity contribution in [3.63, 3.8) is 0 Å². The van der Waals surface area contributed by atoms with Crippen LogP contribution in [0.2, 0.25) is 0 Å². The molecular weight excluding hydrogens is 290 g/mol. The molecule has 0 atom stereocenters. The van der Waals surface area contributed by atoms with Crippen molar-refractivity contribution < 1.29 is 0 Å². The number of imidazole rings is 1. The largest absolute Gasteiger partial charge is 0.399 e. The summed E-state index contributed by atoms with van der Waals surface area (Å²) in [5, 5.41) is 0. The Labute approximate surface area is 115 Å². The highest BCUT2D eigenvalue weighted by Gasteiger charge is 2.15. The molecule has 94 valence electrons. The number of aromatic nitrogens is 2. The Morgan fingerprint density at radius 3 is 2.89 bits per heavy atom. The fraction of sp³-hybridized carbons (Fsp3) is 0.357. The molecule has 4 heteroatoms. The van der Waals surface area contributed by atoms with E-state index in [1.54, 1.807) is 0 Å². The topological polar surface area (TPSA) is 43.8 Å². The summed E-state index contributed by atoms with van der Waals surface area (Å²) in [6, 6.07) is 6.07. The molecule has 0 radical (unpaired) electrons. The number of hydrogen-bond donors (Lipinski definition) is 1. The van der Waals surface area contributed by atoms with Gasteiger partial charge < -0.3 is 10.3 Å². The van der Waals surface area contributed by atoms with Gasteiger partial charge in [-0.25, -0.2) is 4.98 Å². The molecule has 1 heterocycles. The Morgan fingerprint density at radius 1 is 1.22 bits per heavy atom. The Bertz CT molecular complexity index is 554. The van der Waals surface area contributed by atoms with E-state index in [0.717, 1.165) is 29.5 Å². The van der Waals surface area contributed by atoms with Crippen molar-refractivity contribution in [3.8, 4) is 0 Å². The monoisotopic (exact) mass is 305 g/mol. The molecule has 0 bridgehead atoms. The van der Waals surface area contributed by atoms with Gasteiger partial charge in [0.15, 0.2) is 0 Å². The molecular formula is C14H16BrN3. The van der Waals surface area contributed by atoms with Crippen LogP contribution in [-0.2, 0) is 19.4 Å². The maximum Gasteiger partial charge on any atom is 0.0954 e. The summed E-state index contributed by atoms with van der Waals surface area (Å²) in [7, 11) is 0. The molecule has 18 heavy (non-hydrogen) atoms. The molecule has 1 aliphatic rings. The van der Waals surface area contributed by atoms with Crippen molar-refractivity contribution in [1.82, 2.24) is 9.55 Å². The number of hydrogen-bond acceptors (Lipinski definition) is 2. The summed E-state index contributed by atoms with van der Waals surface area (Å²) >= 11 is 3.49. The molecule has 0 saturated heterocycles. The second-order valence-corrected chi connectivity index (χ2v) is 5.78. The second-order valence-electron chi connectivity index (χ2n) is 4.87. The Hall–Kier alpha value is -1.29. The fourth-order valence-corrected chi connectivity index (χ4v) is 3.19. The van der Waals surface area contributed by atoms with E-state index in [1.165, 1.54) is 29.8 Å². The molecule has 3 nitrogen and oxygen atoms in total. The highest BCUT2D eigenvalue weighted by Crippen LogP contribution is 2.22. The third kappa shape index (κ3) is 2.29. The minimum Gasteiger partial charge on any atom is -0.399 e. The molecule has 0 aliphatic heterocycles. The van der Waals surface area contributed by atoms with Crippen LogP contribution in [0.25, 0.3) is 0 Å². The number of nitrogens with two attached hydrogens (primary N) is 1. The lowest BCUT2D eigenvalue weighted by Crippen LogP contribution is -2.09. The van der Waals surface area contributed by atoms with Crippen LogP contribution >= 0.6 is 15.9 Å². The van der Waals surface area contributed by atoms with E-state index in [2.05, 4.69) is 31.5 Å². The minimum atomic E-state index is 0.799. The van der Waals surface area contributed by atoms with Crippen LogP contribution in [0.1, 0.15) is 29.8 Å². The number of halogens is 1. The first-order valence-corrected chi connectivity index (χ1v) is 7.09. The summed E-state index contributed by atoms with van der Waals surface area (Å²) in [5.41, 5.74) is 10.6. The zero-order chi connectivity index (χ0) is 12.5. The molecule has 3 rings (SSSR count). The van der Waals surface area contributed by atoms with E-state index < -0.39 is 0 Å². The van der Waals surface area contributed by atoms with Crippen LogP contribution in [0.4, 0.5) is 5.69 Å². The predicted molar refractivity (Wildman–Crippen MR) is 76.5 cm³/mol. The fourth-order valence-electron chi connectivity index (χ4n) is 2.63. The van der Waals surface area contributed by atoms with Gasteiger partial charge in [-0.2, -0.15) is 0 Å².